The summed E-state index contributed by atoms with van der Waals surface area (Å²) in [5.74, 6) is 1.24. The Labute approximate surface area is 138 Å². The topological polar surface area (TPSA) is 44.7 Å². The monoisotopic (exact) mass is 314 g/mol. The van der Waals surface area contributed by atoms with Crippen LogP contribution in [0.2, 0.25) is 0 Å². The average molecular weight is 314 g/mol. The molecule has 0 radical (unpaired) electrons. The van der Waals surface area contributed by atoms with E-state index < -0.39 is 0 Å². The summed E-state index contributed by atoms with van der Waals surface area (Å²) < 4.78 is 5.51. The molecule has 0 atom stereocenters. The quantitative estimate of drug-likeness (QED) is 0.736. The highest BCUT2D eigenvalue weighted by atomic mass is 16.5. The van der Waals surface area contributed by atoms with Crippen LogP contribution in [0.5, 0.6) is 11.5 Å². The molecule has 2 N–H and O–H groups in total. The Bertz CT molecular complexity index is 609. The first-order valence-corrected chi connectivity index (χ1v) is 7.87. The molecule has 4 nitrogen and oxygen atoms in total. The van der Waals surface area contributed by atoms with E-state index in [4.69, 9.17) is 4.74 Å². The van der Waals surface area contributed by atoms with Gasteiger partial charge in [0.2, 0.25) is 0 Å². The summed E-state index contributed by atoms with van der Waals surface area (Å²) in [4.78, 5) is 2.14. The van der Waals surface area contributed by atoms with E-state index in [9.17, 15) is 5.11 Å². The Hall–Kier alpha value is -2.04. The first kappa shape index (κ1) is 17.3. The van der Waals surface area contributed by atoms with E-state index in [-0.39, 0.29) is 0 Å². The van der Waals surface area contributed by atoms with E-state index in [1.165, 1.54) is 16.7 Å². The fraction of sp³-hybridized carbons (Fsp3) is 0.368. The lowest BCUT2D eigenvalue weighted by molar-refractivity contribution is 0.392. The van der Waals surface area contributed by atoms with E-state index in [1.54, 1.807) is 19.2 Å². The highest BCUT2D eigenvalue weighted by molar-refractivity contribution is 5.37. The lowest BCUT2D eigenvalue weighted by atomic mass is 10.1. The summed E-state index contributed by atoms with van der Waals surface area (Å²) in [6.07, 6.45) is 0.932. The molecule has 2 aromatic carbocycles. The fourth-order valence-corrected chi connectivity index (χ4v) is 2.52. The molecule has 0 fully saturated rings. The van der Waals surface area contributed by atoms with Gasteiger partial charge in [0.05, 0.1) is 7.11 Å². The number of benzene rings is 2. The Morgan fingerprint density at radius 2 is 1.74 bits per heavy atom. The molecule has 0 saturated heterocycles. The molecule has 0 spiro atoms. The van der Waals surface area contributed by atoms with Gasteiger partial charge < -0.3 is 20.1 Å². The summed E-state index contributed by atoms with van der Waals surface area (Å²) in [5, 5.41) is 12.7. The normalized spacial score (nSPS) is 11.0. The smallest absolute Gasteiger partial charge is 0.123 e. The van der Waals surface area contributed by atoms with Gasteiger partial charge in [-0.15, -0.1) is 0 Å². The van der Waals surface area contributed by atoms with E-state index in [0.29, 0.717) is 5.75 Å². The first-order valence-electron chi connectivity index (χ1n) is 7.87. The van der Waals surface area contributed by atoms with Gasteiger partial charge in [-0.05, 0) is 56.4 Å². The van der Waals surface area contributed by atoms with Gasteiger partial charge in [-0.25, -0.2) is 0 Å². The molecule has 0 aromatic heterocycles. The maximum Gasteiger partial charge on any atom is 0.123 e. The second-order valence-corrected chi connectivity index (χ2v) is 5.98. The zero-order valence-corrected chi connectivity index (χ0v) is 14.2. The van der Waals surface area contributed by atoms with Crippen LogP contribution in [0.1, 0.15) is 16.7 Å². The van der Waals surface area contributed by atoms with Gasteiger partial charge in [0.25, 0.3) is 0 Å². The van der Waals surface area contributed by atoms with Gasteiger partial charge in [0.15, 0.2) is 0 Å². The lowest BCUT2D eigenvalue weighted by Crippen LogP contribution is -2.17. The highest BCUT2D eigenvalue weighted by Gasteiger charge is 2.05. The van der Waals surface area contributed by atoms with Crippen molar-refractivity contribution in [1.29, 1.82) is 0 Å². The van der Waals surface area contributed by atoms with E-state index in [1.807, 2.05) is 12.1 Å². The van der Waals surface area contributed by atoms with E-state index in [2.05, 4.69) is 42.5 Å². The molecule has 0 saturated carbocycles. The van der Waals surface area contributed by atoms with Crippen molar-refractivity contribution >= 4 is 0 Å². The second kappa shape index (κ2) is 8.56. The molecule has 0 aliphatic heterocycles. The number of rotatable bonds is 8. The molecular formula is C19H26N2O2. The Balaban J connectivity index is 1.86. The van der Waals surface area contributed by atoms with Crippen molar-refractivity contribution < 1.29 is 9.84 Å². The summed E-state index contributed by atoms with van der Waals surface area (Å²) >= 11 is 0. The van der Waals surface area contributed by atoms with Crippen molar-refractivity contribution in [2.75, 3.05) is 27.7 Å². The van der Waals surface area contributed by atoms with Crippen molar-refractivity contribution in [3.8, 4) is 11.5 Å². The molecule has 0 heterocycles. The third-order valence-electron chi connectivity index (χ3n) is 3.69. The average Bonchev–Trinajstić information content (AvgIpc) is 2.53. The first-order chi connectivity index (χ1) is 11.1. The van der Waals surface area contributed by atoms with Crippen LogP contribution >= 0.6 is 0 Å². The van der Waals surface area contributed by atoms with Gasteiger partial charge in [0, 0.05) is 18.7 Å². The minimum absolute atomic E-state index is 0.309. The maximum absolute atomic E-state index is 9.28. The maximum atomic E-state index is 9.28. The molecule has 0 bridgehead atoms. The largest absolute Gasteiger partial charge is 0.508 e. The number of nitrogens with zero attached hydrogens (tertiary/aromatic N) is 1. The number of aromatic hydroxyl groups is 1. The summed E-state index contributed by atoms with van der Waals surface area (Å²) in [7, 11) is 5.84. The van der Waals surface area contributed by atoms with Crippen molar-refractivity contribution in [3.05, 3.63) is 59.2 Å². The van der Waals surface area contributed by atoms with Gasteiger partial charge in [-0.2, -0.15) is 0 Å². The zero-order chi connectivity index (χ0) is 16.7. The summed E-state index contributed by atoms with van der Waals surface area (Å²) in [5.41, 5.74) is 3.63. The number of nitrogens with one attached hydrogen (secondary N) is 1. The molecular weight excluding hydrogens is 288 g/mol. The van der Waals surface area contributed by atoms with E-state index >= 15 is 0 Å². The van der Waals surface area contributed by atoms with Crippen LogP contribution in [0.25, 0.3) is 0 Å². The zero-order valence-electron chi connectivity index (χ0n) is 14.2. The fourth-order valence-electron chi connectivity index (χ4n) is 2.52. The minimum atomic E-state index is 0.309. The van der Waals surface area contributed by atoms with Gasteiger partial charge in [-0.3, -0.25) is 0 Å². The predicted molar refractivity (Wildman–Crippen MR) is 93.9 cm³/mol. The molecule has 23 heavy (non-hydrogen) atoms. The molecule has 0 aliphatic rings. The Morgan fingerprint density at radius 1 is 1.04 bits per heavy atom. The SMILES string of the molecule is COc1cc(CN(C)C)ccc1CNCCc1ccc(O)cc1. The molecule has 0 unspecified atom stereocenters. The van der Waals surface area contributed by atoms with Crippen LogP contribution in [0, 0.1) is 0 Å². The Morgan fingerprint density at radius 3 is 2.39 bits per heavy atom. The van der Waals surface area contributed by atoms with Crippen molar-refractivity contribution in [1.82, 2.24) is 10.2 Å². The molecule has 0 aliphatic carbocycles. The van der Waals surface area contributed by atoms with Crippen LogP contribution in [0.15, 0.2) is 42.5 Å². The third-order valence-corrected chi connectivity index (χ3v) is 3.69. The van der Waals surface area contributed by atoms with Gasteiger partial charge in [0.1, 0.15) is 11.5 Å². The third kappa shape index (κ3) is 5.58. The van der Waals surface area contributed by atoms with Crippen molar-refractivity contribution in [2.24, 2.45) is 0 Å². The van der Waals surface area contributed by atoms with Crippen LogP contribution in [-0.2, 0) is 19.5 Å². The molecule has 124 valence electrons. The lowest BCUT2D eigenvalue weighted by Gasteiger charge is -2.14. The van der Waals surface area contributed by atoms with Crippen LogP contribution in [-0.4, -0.2) is 37.8 Å². The minimum Gasteiger partial charge on any atom is -0.508 e. The molecule has 0 amide bonds. The Kier molecular flexibility index (Phi) is 6.44. The number of phenols is 1. The van der Waals surface area contributed by atoms with Crippen LogP contribution in [0.3, 0.4) is 0 Å². The predicted octanol–water partition coefficient (Wildman–Crippen LogP) is 2.79. The summed E-state index contributed by atoms with van der Waals surface area (Å²) in [6, 6.07) is 13.7. The molecule has 4 heteroatoms. The standard InChI is InChI=1S/C19H26N2O2/c1-21(2)14-16-4-7-17(19(12-16)23-3)13-20-11-10-15-5-8-18(22)9-6-15/h4-9,12,20,22H,10-11,13-14H2,1-3H3. The molecule has 2 rings (SSSR count). The van der Waals surface area contributed by atoms with Gasteiger partial charge >= 0.3 is 0 Å². The van der Waals surface area contributed by atoms with Crippen LogP contribution in [0.4, 0.5) is 0 Å². The van der Waals surface area contributed by atoms with Crippen molar-refractivity contribution in [3.63, 3.8) is 0 Å². The van der Waals surface area contributed by atoms with Crippen LogP contribution < -0.4 is 10.1 Å². The highest BCUT2D eigenvalue weighted by Crippen LogP contribution is 2.20. The van der Waals surface area contributed by atoms with E-state index in [0.717, 1.165) is 31.8 Å². The second-order valence-electron chi connectivity index (χ2n) is 5.98. The number of hydrogen-bond acceptors (Lipinski definition) is 4. The summed E-state index contributed by atoms with van der Waals surface area (Å²) in [6.45, 7) is 2.57. The molecule has 2 aromatic rings. The number of ether oxygens (including phenoxy) is 1. The number of hydrogen-bond donors (Lipinski definition) is 2. The van der Waals surface area contributed by atoms with Crippen molar-refractivity contribution in [2.45, 2.75) is 19.5 Å². The number of methoxy groups -OCH3 is 1. The van der Waals surface area contributed by atoms with Gasteiger partial charge in [-0.1, -0.05) is 24.3 Å². The number of phenolic OH excluding ortho intramolecular Hbond substituents is 1.